The van der Waals surface area contributed by atoms with E-state index in [1.807, 2.05) is 0 Å². The molecule has 0 saturated carbocycles. The molecular formula is C14H23NO7. The molecule has 1 aliphatic heterocycles. The lowest BCUT2D eigenvalue weighted by Crippen LogP contribution is -2.42. The summed E-state index contributed by atoms with van der Waals surface area (Å²) < 4.78 is 14.9. The first-order chi connectivity index (χ1) is 10.4. The second-order valence-corrected chi connectivity index (χ2v) is 5.47. The molecule has 8 nitrogen and oxygen atoms in total. The summed E-state index contributed by atoms with van der Waals surface area (Å²) in [7, 11) is 0. The minimum absolute atomic E-state index is 0.192. The Morgan fingerprint density at radius 1 is 1.00 bits per heavy atom. The Morgan fingerprint density at radius 3 is 1.91 bits per heavy atom. The lowest BCUT2D eigenvalue weighted by atomic mass is 9.92. The van der Waals surface area contributed by atoms with Crippen LogP contribution in [0.5, 0.6) is 0 Å². The largest absolute Gasteiger partial charge is 0.465 e. The molecule has 1 fully saturated rings. The number of hydrogen-bond acceptors (Lipinski definition) is 8. The van der Waals surface area contributed by atoms with Gasteiger partial charge in [0.2, 0.25) is 0 Å². The number of esters is 3. The van der Waals surface area contributed by atoms with Gasteiger partial charge in [-0.25, -0.2) is 0 Å². The number of aliphatic hydroxyl groups is 1. The van der Waals surface area contributed by atoms with Gasteiger partial charge in [0.05, 0.1) is 18.4 Å². The van der Waals surface area contributed by atoms with Gasteiger partial charge in [0.25, 0.3) is 0 Å². The van der Waals surface area contributed by atoms with Gasteiger partial charge in [0.1, 0.15) is 19.8 Å². The summed E-state index contributed by atoms with van der Waals surface area (Å²) >= 11 is 0. The molecule has 0 aromatic carbocycles. The van der Waals surface area contributed by atoms with E-state index in [2.05, 4.69) is 4.90 Å². The van der Waals surface area contributed by atoms with Gasteiger partial charge in [-0.3, -0.25) is 14.4 Å². The molecule has 1 rings (SSSR count). The standard InChI is InChI=1S/C14H23NO7/c1-11(17)20-8-14(7-16,9-21-12(2)18)10-22-13(19)3-4-15-5-6-15/h16H,3-10H2,1-2H3. The van der Waals surface area contributed by atoms with Crippen molar-refractivity contribution in [1.29, 1.82) is 0 Å². The van der Waals surface area contributed by atoms with Gasteiger partial charge in [0.15, 0.2) is 0 Å². The van der Waals surface area contributed by atoms with Crippen LogP contribution < -0.4 is 0 Å². The summed E-state index contributed by atoms with van der Waals surface area (Å²) in [5.41, 5.74) is -1.15. The van der Waals surface area contributed by atoms with Gasteiger partial charge >= 0.3 is 17.9 Å². The highest BCUT2D eigenvalue weighted by Crippen LogP contribution is 2.20. The highest BCUT2D eigenvalue weighted by atomic mass is 16.6. The molecule has 22 heavy (non-hydrogen) atoms. The van der Waals surface area contributed by atoms with Crippen molar-refractivity contribution in [1.82, 2.24) is 4.90 Å². The van der Waals surface area contributed by atoms with Crippen LogP contribution in [-0.4, -0.2) is 74.0 Å². The van der Waals surface area contributed by atoms with Crippen molar-refractivity contribution in [2.24, 2.45) is 5.41 Å². The number of carbonyl (C=O) groups excluding carboxylic acids is 3. The zero-order valence-electron chi connectivity index (χ0n) is 13.0. The first-order valence-electron chi connectivity index (χ1n) is 7.12. The van der Waals surface area contributed by atoms with E-state index in [-0.39, 0.29) is 26.2 Å². The van der Waals surface area contributed by atoms with Gasteiger partial charge in [0, 0.05) is 33.5 Å². The van der Waals surface area contributed by atoms with Crippen molar-refractivity contribution in [3.63, 3.8) is 0 Å². The summed E-state index contributed by atoms with van der Waals surface area (Å²) in [6.07, 6.45) is 0.253. The van der Waals surface area contributed by atoms with Crippen LogP contribution in [-0.2, 0) is 28.6 Å². The lowest BCUT2D eigenvalue weighted by molar-refractivity contribution is -0.163. The van der Waals surface area contributed by atoms with Crippen LogP contribution >= 0.6 is 0 Å². The minimum Gasteiger partial charge on any atom is -0.465 e. The zero-order chi connectivity index (χ0) is 16.6. The topological polar surface area (TPSA) is 102 Å². The maximum Gasteiger partial charge on any atom is 0.307 e. The third kappa shape index (κ3) is 7.37. The molecule has 0 atom stereocenters. The van der Waals surface area contributed by atoms with Crippen molar-refractivity contribution in [2.45, 2.75) is 20.3 Å². The van der Waals surface area contributed by atoms with E-state index in [9.17, 15) is 19.5 Å². The number of rotatable bonds is 10. The summed E-state index contributed by atoms with van der Waals surface area (Å²) in [5.74, 6) is -1.47. The Bertz CT molecular complexity index is 388. The molecule has 1 heterocycles. The van der Waals surface area contributed by atoms with Crippen LogP contribution in [0, 0.1) is 5.41 Å². The normalized spacial score (nSPS) is 14.3. The van der Waals surface area contributed by atoms with E-state index in [0.29, 0.717) is 6.54 Å². The summed E-state index contributed by atoms with van der Waals surface area (Å²) in [4.78, 5) is 35.6. The number of carbonyl (C=O) groups is 3. The molecule has 8 heteroatoms. The van der Waals surface area contributed by atoms with Crippen molar-refractivity contribution in [3.05, 3.63) is 0 Å². The maximum absolute atomic E-state index is 11.7. The van der Waals surface area contributed by atoms with Gasteiger partial charge in [-0.1, -0.05) is 0 Å². The summed E-state index contributed by atoms with van der Waals surface area (Å²) in [5, 5.41) is 9.56. The molecule has 0 aliphatic carbocycles. The van der Waals surface area contributed by atoms with Crippen molar-refractivity contribution >= 4 is 17.9 Å². The first kappa shape index (κ1) is 18.4. The van der Waals surface area contributed by atoms with E-state index in [1.54, 1.807) is 0 Å². The smallest absolute Gasteiger partial charge is 0.307 e. The van der Waals surface area contributed by atoms with Gasteiger partial charge < -0.3 is 24.2 Å². The average molecular weight is 317 g/mol. The Morgan fingerprint density at radius 2 is 1.50 bits per heavy atom. The van der Waals surface area contributed by atoms with E-state index in [0.717, 1.165) is 13.1 Å². The maximum atomic E-state index is 11.7. The molecule has 0 aromatic rings. The second kappa shape index (κ2) is 8.70. The first-order valence-corrected chi connectivity index (χ1v) is 7.12. The predicted octanol–water partition coefficient (Wildman–Crippen LogP) is -0.660. The van der Waals surface area contributed by atoms with Crippen molar-refractivity contribution < 1.29 is 33.7 Å². The van der Waals surface area contributed by atoms with Gasteiger partial charge in [-0.15, -0.1) is 0 Å². The van der Waals surface area contributed by atoms with Crippen molar-refractivity contribution in [3.8, 4) is 0 Å². The fourth-order valence-electron chi connectivity index (χ4n) is 1.62. The molecule has 0 radical (unpaired) electrons. The molecule has 0 amide bonds. The van der Waals surface area contributed by atoms with E-state index in [1.165, 1.54) is 13.8 Å². The number of nitrogens with zero attached hydrogens (tertiary/aromatic N) is 1. The molecular weight excluding hydrogens is 294 g/mol. The van der Waals surface area contributed by atoms with E-state index >= 15 is 0 Å². The van der Waals surface area contributed by atoms with Crippen LogP contribution in [0.15, 0.2) is 0 Å². The van der Waals surface area contributed by atoms with Crippen LogP contribution in [0.1, 0.15) is 20.3 Å². The second-order valence-electron chi connectivity index (χ2n) is 5.47. The average Bonchev–Trinajstić information content (AvgIpc) is 3.29. The lowest BCUT2D eigenvalue weighted by Gasteiger charge is -2.29. The predicted molar refractivity (Wildman–Crippen MR) is 74.8 cm³/mol. The van der Waals surface area contributed by atoms with E-state index < -0.39 is 29.9 Å². The van der Waals surface area contributed by atoms with Gasteiger partial charge in [-0.2, -0.15) is 0 Å². The molecule has 0 bridgehead atoms. The fourth-order valence-corrected chi connectivity index (χ4v) is 1.62. The molecule has 0 aromatic heterocycles. The molecule has 0 unspecified atom stereocenters. The molecule has 126 valence electrons. The number of hydrogen-bond donors (Lipinski definition) is 1. The zero-order valence-corrected chi connectivity index (χ0v) is 13.0. The van der Waals surface area contributed by atoms with Crippen LogP contribution in [0.3, 0.4) is 0 Å². The Balaban J connectivity index is 2.50. The summed E-state index contributed by atoms with van der Waals surface area (Å²) in [6, 6.07) is 0. The van der Waals surface area contributed by atoms with Crippen molar-refractivity contribution in [2.75, 3.05) is 46.1 Å². The molecule has 0 spiro atoms. The monoisotopic (exact) mass is 317 g/mol. The minimum atomic E-state index is -1.15. The molecule has 1 aliphatic rings. The van der Waals surface area contributed by atoms with Gasteiger partial charge in [-0.05, 0) is 0 Å². The Hall–Kier alpha value is -1.67. The molecule has 1 saturated heterocycles. The van der Waals surface area contributed by atoms with Crippen LogP contribution in [0.25, 0.3) is 0 Å². The summed E-state index contributed by atoms with van der Waals surface area (Å²) in [6.45, 7) is 4.03. The highest BCUT2D eigenvalue weighted by molar-refractivity contribution is 5.69. The quantitative estimate of drug-likeness (QED) is 0.322. The molecule has 1 N–H and O–H groups in total. The van der Waals surface area contributed by atoms with E-state index in [4.69, 9.17) is 14.2 Å². The Labute approximate surface area is 129 Å². The Kier molecular flexibility index (Phi) is 7.26. The third-order valence-electron chi connectivity index (χ3n) is 3.21. The van der Waals surface area contributed by atoms with Crippen LogP contribution in [0.4, 0.5) is 0 Å². The third-order valence-corrected chi connectivity index (χ3v) is 3.21. The SMILES string of the molecule is CC(=O)OCC(CO)(COC(C)=O)COC(=O)CCN1CC1. The van der Waals surface area contributed by atoms with Crippen LogP contribution in [0.2, 0.25) is 0 Å². The fraction of sp³-hybridized carbons (Fsp3) is 0.786. The number of aliphatic hydroxyl groups excluding tert-OH is 1. The highest BCUT2D eigenvalue weighted by Gasteiger charge is 2.35. The number of ether oxygens (including phenoxy) is 3.